The molecular weight excluding hydrogens is 526 g/mol. The van der Waals surface area contributed by atoms with Crippen LogP contribution in [0.5, 0.6) is 11.5 Å². The topological polar surface area (TPSA) is 96.9 Å². The molecule has 1 aliphatic heterocycles. The van der Waals surface area contributed by atoms with Gasteiger partial charge in [0.25, 0.3) is 0 Å². The molecule has 4 rings (SSSR count). The summed E-state index contributed by atoms with van der Waals surface area (Å²) in [4.78, 5) is 11.4. The van der Waals surface area contributed by atoms with Crippen LogP contribution in [0.25, 0.3) is 0 Å². The fraction of sp³-hybridized carbons (Fsp3) is 0.407. The van der Waals surface area contributed by atoms with Crippen LogP contribution in [0.1, 0.15) is 31.7 Å². The zero-order chi connectivity index (χ0) is 27.4. The Hall–Kier alpha value is -2.92. The lowest BCUT2D eigenvalue weighted by Crippen LogP contribution is -2.23. The number of halogens is 1. The molecule has 1 fully saturated rings. The number of nitrogens with one attached hydrogen (secondary N) is 1. The van der Waals surface area contributed by atoms with Crippen molar-refractivity contribution in [1.29, 1.82) is 0 Å². The molecule has 0 spiro atoms. The molecule has 1 aromatic heterocycles. The summed E-state index contributed by atoms with van der Waals surface area (Å²) in [6, 6.07) is 12.5. The summed E-state index contributed by atoms with van der Waals surface area (Å²) in [5.74, 6) is 2.29. The summed E-state index contributed by atoms with van der Waals surface area (Å²) in [7, 11) is 1.39. The summed E-state index contributed by atoms with van der Waals surface area (Å²) in [5.41, 5.74) is 1.27. The van der Waals surface area contributed by atoms with Crippen molar-refractivity contribution in [2.24, 2.45) is 0 Å². The SMILES string of the molecule is CC(C)Oc1cc(OC2CCN(C)C2)ccc1Cc1ncc(Cl)c(Nc2ccccc2S(=O)(=O)N(C)C)n1. The second-order valence-corrected chi connectivity index (χ2v) is 12.3. The highest BCUT2D eigenvalue weighted by atomic mass is 35.5. The first-order chi connectivity index (χ1) is 18.0. The zero-order valence-electron chi connectivity index (χ0n) is 22.3. The van der Waals surface area contributed by atoms with Crippen LogP contribution in [-0.4, -0.2) is 74.0 Å². The van der Waals surface area contributed by atoms with Crippen LogP contribution >= 0.6 is 11.6 Å². The van der Waals surface area contributed by atoms with Crippen LogP contribution in [-0.2, 0) is 16.4 Å². The van der Waals surface area contributed by atoms with Crippen molar-refractivity contribution in [1.82, 2.24) is 19.2 Å². The number of hydrogen-bond donors (Lipinski definition) is 1. The van der Waals surface area contributed by atoms with Crippen molar-refractivity contribution in [3.8, 4) is 11.5 Å². The van der Waals surface area contributed by atoms with Gasteiger partial charge in [0.2, 0.25) is 10.0 Å². The van der Waals surface area contributed by atoms with E-state index < -0.39 is 10.0 Å². The average molecular weight is 560 g/mol. The van der Waals surface area contributed by atoms with Gasteiger partial charge in [-0.05, 0) is 45.5 Å². The molecule has 2 heterocycles. The largest absolute Gasteiger partial charge is 0.491 e. The fourth-order valence-corrected chi connectivity index (χ4v) is 5.35. The Morgan fingerprint density at radius 3 is 2.66 bits per heavy atom. The number of sulfonamides is 1. The van der Waals surface area contributed by atoms with Crippen LogP contribution in [0, 0.1) is 0 Å². The lowest BCUT2D eigenvalue weighted by molar-refractivity contribution is 0.204. The average Bonchev–Trinajstić information content (AvgIpc) is 3.27. The van der Waals surface area contributed by atoms with E-state index in [9.17, 15) is 8.42 Å². The molecule has 2 aromatic carbocycles. The van der Waals surface area contributed by atoms with Gasteiger partial charge in [-0.15, -0.1) is 0 Å². The standard InChI is InChI=1S/C27H34ClN5O4S/c1-18(2)36-24-15-20(37-21-12-13-33(5)17-21)11-10-19(24)14-26-29-16-22(28)27(31-26)30-23-8-6-7-9-25(23)38(34,35)32(3)4/h6-11,15-16,18,21H,12-14,17H2,1-5H3,(H,29,30,31). The Morgan fingerprint density at radius 1 is 1.21 bits per heavy atom. The van der Waals surface area contributed by atoms with E-state index in [2.05, 4.69) is 27.2 Å². The summed E-state index contributed by atoms with van der Waals surface area (Å²) < 4.78 is 39.1. The van der Waals surface area contributed by atoms with Crippen LogP contribution in [0.2, 0.25) is 5.02 Å². The highest BCUT2D eigenvalue weighted by Gasteiger charge is 2.23. The van der Waals surface area contributed by atoms with Gasteiger partial charge in [-0.25, -0.2) is 22.7 Å². The van der Waals surface area contributed by atoms with Crippen LogP contribution in [0.15, 0.2) is 53.6 Å². The van der Waals surface area contributed by atoms with E-state index in [1.165, 1.54) is 26.4 Å². The Bertz CT molecular complexity index is 1380. The van der Waals surface area contributed by atoms with Gasteiger partial charge in [0.1, 0.15) is 33.3 Å². The van der Waals surface area contributed by atoms with Crippen LogP contribution in [0.3, 0.4) is 0 Å². The van der Waals surface area contributed by atoms with Crippen molar-refractivity contribution >= 4 is 33.1 Å². The number of likely N-dealkylation sites (N-methyl/N-ethyl adjacent to an activating group) is 1. The quantitative estimate of drug-likeness (QED) is 0.385. The number of likely N-dealkylation sites (tertiary alicyclic amines) is 1. The smallest absolute Gasteiger partial charge is 0.244 e. The monoisotopic (exact) mass is 559 g/mol. The first-order valence-corrected chi connectivity index (χ1v) is 14.3. The van der Waals surface area contributed by atoms with Gasteiger partial charge < -0.3 is 19.7 Å². The third kappa shape index (κ3) is 6.74. The number of ether oxygens (including phenoxy) is 2. The predicted molar refractivity (Wildman–Crippen MR) is 149 cm³/mol. The molecule has 3 aromatic rings. The minimum absolute atomic E-state index is 0.0277. The number of rotatable bonds is 10. The fourth-order valence-electron chi connectivity index (χ4n) is 4.17. The number of benzene rings is 2. The number of anilines is 2. The second-order valence-electron chi connectivity index (χ2n) is 9.80. The third-order valence-electron chi connectivity index (χ3n) is 6.09. The van der Waals surface area contributed by atoms with Crippen molar-refractivity contribution in [2.75, 3.05) is 39.5 Å². The lowest BCUT2D eigenvalue weighted by atomic mass is 10.1. The van der Waals surface area contributed by atoms with Gasteiger partial charge in [0, 0.05) is 45.2 Å². The predicted octanol–water partition coefficient (Wildman–Crippen LogP) is 4.58. The molecule has 0 radical (unpaired) electrons. The van der Waals surface area contributed by atoms with E-state index >= 15 is 0 Å². The highest BCUT2D eigenvalue weighted by Crippen LogP contribution is 2.31. The molecule has 0 bridgehead atoms. The molecule has 9 nitrogen and oxygen atoms in total. The van der Waals surface area contributed by atoms with Crippen molar-refractivity contribution in [3.63, 3.8) is 0 Å². The summed E-state index contributed by atoms with van der Waals surface area (Å²) in [6.07, 6.45) is 3.02. The van der Waals surface area contributed by atoms with E-state index in [1.54, 1.807) is 18.2 Å². The first kappa shape index (κ1) is 28.1. The molecule has 1 aliphatic rings. The maximum Gasteiger partial charge on any atom is 0.244 e. The van der Waals surface area contributed by atoms with E-state index in [0.717, 1.165) is 35.1 Å². The minimum Gasteiger partial charge on any atom is -0.491 e. The number of nitrogens with zero attached hydrogens (tertiary/aromatic N) is 4. The Kier molecular flexibility index (Phi) is 8.77. The number of hydrogen-bond acceptors (Lipinski definition) is 8. The van der Waals surface area contributed by atoms with E-state index in [1.807, 2.05) is 32.0 Å². The minimum atomic E-state index is -3.68. The maximum atomic E-state index is 12.8. The highest BCUT2D eigenvalue weighted by molar-refractivity contribution is 7.89. The normalized spacial score (nSPS) is 16.3. The summed E-state index contributed by atoms with van der Waals surface area (Å²) in [5, 5.41) is 3.36. The second kappa shape index (κ2) is 11.9. The van der Waals surface area contributed by atoms with E-state index in [4.69, 9.17) is 21.1 Å². The third-order valence-corrected chi connectivity index (χ3v) is 8.24. The Morgan fingerprint density at radius 2 is 1.97 bits per heavy atom. The molecule has 0 aliphatic carbocycles. The zero-order valence-corrected chi connectivity index (χ0v) is 23.9. The van der Waals surface area contributed by atoms with Crippen molar-refractivity contribution in [2.45, 2.75) is 43.8 Å². The van der Waals surface area contributed by atoms with Crippen molar-refractivity contribution in [3.05, 3.63) is 65.1 Å². The van der Waals surface area contributed by atoms with E-state index in [-0.39, 0.29) is 22.1 Å². The van der Waals surface area contributed by atoms with Crippen LogP contribution < -0.4 is 14.8 Å². The number of para-hydroxylation sites is 1. The summed E-state index contributed by atoms with van der Waals surface area (Å²) in [6.45, 7) is 5.87. The number of aromatic nitrogens is 2. The molecule has 204 valence electrons. The van der Waals surface area contributed by atoms with Gasteiger partial charge >= 0.3 is 0 Å². The van der Waals surface area contributed by atoms with Gasteiger partial charge in [0.05, 0.1) is 18.0 Å². The molecule has 38 heavy (non-hydrogen) atoms. The molecule has 0 amide bonds. The molecule has 1 saturated heterocycles. The first-order valence-electron chi connectivity index (χ1n) is 12.5. The molecule has 1 unspecified atom stereocenters. The summed E-state index contributed by atoms with van der Waals surface area (Å²) >= 11 is 6.40. The van der Waals surface area contributed by atoms with Crippen molar-refractivity contribution < 1.29 is 17.9 Å². The molecular formula is C27H34ClN5O4S. The molecule has 11 heteroatoms. The van der Waals surface area contributed by atoms with E-state index in [0.29, 0.717) is 29.5 Å². The Labute approximate surface area is 229 Å². The van der Waals surface area contributed by atoms with Gasteiger partial charge in [-0.1, -0.05) is 29.8 Å². The maximum absolute atomic E-state index is 12.8. The van der Waals surface area contributed by atoms with Gasteiger partial charge in [-0.3, -0.25) is 0 Å². The molecule has 1 N–H and O–H groups in total. The lowest BCUT2D eigenvalue weighted by Gasteiger charge is -2.19. The molecule has 1 atom stereocenters. The molecule has 0 saturated carbocycles. The Balaban J connectivity index is 1.59. The van der Waals surface area contributed by atoms with Crippen LogP contribution in [0.4, 0.5) is 11.5 Å². The van der Waals surface area contributed by atoms with Gasteiger partial charge in [-0.2, -0.15) is 0 Å². The van der Waals surface area contributed by atoms with Gasteiger partial charge in [0.15, 0.2) is 5.82 Å².